The highest BCUT2D eigenvalue weighted by atomic mass is 32.2. The van der Waals surface area contributed by atoms with Gasteiger partial charge in [0.15, 0.2) is 0 Å². The molecule has 2 aromatic rings. The first kappa shape index (κ1) is 20.1. The predicted molar refractivity (Wildman–Crippen MR) is 111 cm³/mol. The lowest BCUT2D eigenvalue weighted by molar-refractivity contribution is -0.133. The van der Waals surface area contributed by atoms with Crippen LogP contribution in [0.2, 0.25) is 0 Å². The van der Waals surface area contributed by atoms with Crippen LogP contribution in [0, 0.1) is 0 Å². The molecule has 1 aromatic carbocycles. The first-order valence-electron chi connectivity index (χ1n) is 10.1. The summed E-state index contributed by atoms with van der Waals surface area (Å²) in [6, 6.07) is 12.9. The zero-order valence-corrected chi connectivity index (χ0v) is 17.6. The average molecular weight is 417 g/mol. The Bertz CT molecular complexity index is 949. The molecule has 1 atom stereocenters. The van der Waals surface area contributed by atoms with E-state index in [1.54, 1.807) is 35.2 Å². The fourth-order valence-corrected chi connectivity index (χ4v) is 5.81. The molecule has 2 aliphatic rings. The minimum Gasteiger partial charge on any atom is -0.353 e. The summed E-state index contributed by atoms with van der Waals surface area (Å²) in [6.45, 7) is 2.86. The molecule has 4 rings (SSSR count). The second-order valence-electron chi connectivity index (χ2n) is 7.77. The lowest BCUT2D eigenvalue weighted by Crippen LogP contribution is -2.52. The molecule has 156 valence electrons. The fraction of sp³-hybridized carbons (Fsp3) is 0.476. The third kappa shape index (κ3) is 4.10. The summed E-state index contributed by atoms with van der Waals surface area (Å²) in [5.41, 5.74) is 1.24. The Morgan fingerprint density at radius 3 is 2.38 bits per heavy atom. The molecular formula is C21H28N4O3S. The second kappa shape index (κ2) is 8.30. The number of likely N-dealkylation sites (tertiary alicyclic amines) is 1. The van der Waals surface area contributed by atoms with E-state index in [0.717, 1.165) is 19.4 Å². The van der Waals surface area contributed by atoms with Gasteiger partial charge in [-0.05, 0) is 43.7 Å². The quantitative estimate of drug-likeness (QED) is 0.744. The number of aromatic nitrogens is 1. The Morgan fingerprint density at radius 1 is 1.00 bits per heavy atom. The van der Waals surface area contributed by atoms with Crippen molar-refractivity contribution >= 4 is 15.9 Å². The number of amides is 1. The molecule has 1 amide bonds. The van der Waals surface area contributed by atoms with Crippen molar-refractivity contribution in [3.05, 3.63) is 54.4 Å². The number of piperazine rings is 1. The molecule has 0 unspecified atom stereocenters. The van der Waals surface area contributed by atoms with Crippen LogP contribution in [-0.2, 0) is 21.9 Å². The lowest BCUT2D eigenvalue weighted by atomic mass is 10.1. The number of rotatable bonds is 5. The maximum atomic E-state index is 12.9. The van der Waals surface area contributed by atoms with Gasteiger partial charge in [-0.2, -0.15) is 4.31 Å². The van der Waals surface area contributed by atoms with E-state index in [0.29, 0.717) is 37.6 Å². The molecule has 3 heterocycles. The Kier molecular flexibility index (Phi) is 5.76. The second-order valence-corrected chi connectivity index (χ2v) is 9.71. The topological polar surface area (TPSA) is 65.9 Å². The largest absolute Gasteiger partial charge is 0.353 e. The van der Waals surface area contributed by atoms with Gasteiger partial charge in [0.25, 0.3) is 0 Å². The molecule has 2 saturated heterocycles. The third-order valence-electron chi connectivity index (χ3n) is 6.00. The molecule has 1 aromatic heterocycles. The van der Waals surface area contributed by atoms with Crippen LogP contribution in [0.4, 0.5) is 0 Å². The molecule has 7 nitrogen and oxygen atoms in total. The van der Waals surface area contributed by atoms with Gasteiger partial charge in [0.1, 0.15) is 0 Å². The summed E-state index contributed by atoms with van der Waals surface area (Å²) in [5, 5.41) is 0. The number of sulfonamides is 1. The minimum absolute atomic E-state index is 0.0860. The van der Waals surface area contributed by atoms with E-state index in [1.165, 1.54) is 10.00 Å². The van der Waals surface area contributed by atoms with Gasteiger partial charge in [0.05, 0.1) is 17.5 Å². The summed E-state index contributed by atoms with van der Waals surface area (Å²) < 4.78 is 29.1. The van der Waals surface area contributed by atoms with Crippen LogP contribution in [0.15, 0.2) is 53.6 Å². The van der Waals surface area contributed by atoms with Gasteiger partial charge < -0.3 is 9.47 Å². The molecule has 0 spiro atoms. The number of nitrogens with zero attached hydrogens (tertiary/aromatic N) is 4. The Hall–Kier alpha value is -2.16. The van der Waals surface area contributed by atoms with Crippen molar-refractivity contribution < 1.29 is 13.2 Å². The van der Waals surface area contributed by atoms with Crippen molar-refractivity contribution in [1.29, 1.82) is 0 Å². The van der Waals surface area contributed by atoms with Gasteiger partial charge in [-0.1, -0.05) is 18.2 Å². The summed E-state index contributed by atoms with van der Waals surface area (Å²) in [6.07, 6.45) is 4.19. The molecule has 0 saturated carbocycles. The van der Waals surface area contributed by atoms with Gasteiger partial charge in [-0.25, -0.2) is 8.42 Å². The van der Waals surface area contributed by atoms with Crippen LogP contribution in [-0.4, -0.2) is 72.3 Å². The molecular weight excluding hydrogens is 388 g/mol. The van der Waals surface area contributed by atoms with Crippen molar-refractivity contribution in [2.45, 2.75) is 23.8 Å². The normalized spacial score (nSPS) is 21.6. The van der Waals surface area contributed by atoms with E-state index < -0.39 is 10.0 Å². The lowest BCUT2D eigenvalue weighted by Gasteiger charge is -2.35. The van der Waals surface area contributed by atoms with E-state index in [2.05, 4.69) is 15.5 Å². The maximum Gasteiger partial charge on any atom is 0.243 e. The highest BCUT2D eigenvalue weighted by Gasteiger charge is 2.33. The highest BCUT2D eigenvalue weighted by Crippen LogP contribution is 2.31. The first-order valence-corrected chi connectivity index (χ1v) is 11.6. The number of aryl methyl sites for hydroxylation is 1. The number of hydrogen-bond acceptors (Lipinski definition) is 4. The third-order valence-corrected chi connectivity index (χ3v) is 7.91. The summed E-state index contributed by atoms with van der Waals surface area (Å²) in [7, 11) is -1.45. The zero-order chi connectivity index (χ0) is 20.4. The van der Waals surface area contributed by atoms with Crippen molar-refractivity contribution in [2.75, 3.05) is 39.3 Å². The standard InChI is InChI=1S/C21H28N4O3S/c1-22-11-5-9-19(22)20-10-6-12-24(20)17-21(26)23-13-15-25(16-14-23)29(27,28)18-7-3-2-4-8-18/h2-5,7-9,11,20H,6,10,12-17H2,1H3/t20-/m1/s1. The van der Waals surface area contributed by atoms with Gasteiger partial charge in [0, 0.05) is 45.1 Å². The van der Waals surface area contributed by atoms with Crippen LogP contribution in [0.25, 0.3) is 0 Å². The van der Waals surface area contributed by atoms with Gasteiger partial charge in [-0.15, -0.1) is 0 Å². The molecule has 2 fully saturated rings. The number of carbonyl (C=O) groups is 1. The van der Waals surface area contributed by atoms with Crippen LogP contribution in [0.1, 0.15) is 24.6 Å². The van der Waals surface area contributed by atoms with E-state index in [4.69, 9.17) is 0 Å². The van der Waals surface area contributed by atoms with Gasteiger partial charge in [-0.3, -0.25) is 9.69 Å². The SMILES string of the molecule is Cn1cccc1[C@H]1CCCN1CC(=O)N1CCN(S(=O)(=O)c2ccccc2)CC1. The van der Waals surface area contributed by atoms with Crippen molar-refractivity contribution in [2.24, 2.45) is 7.05 Å². The van der Waals surface area contributed by atoms with Crippen LogP contribution >= 0.6 is 0 Å². The van der Waals surface area contributed by atoms with Gasteiger partial charge in [0.2, 0.25) is 15.9 Å². The van der Waals surface area contributed by atoms with E-state index in [-0.39, 0.29) is 11.9 Å². The molecule has 2 aliphatic heterocycles. The number of hydrogen-bond donors (Lipinski definition) is 0. The minimum atomic E-state index is -3.49. The van der Waals surface area contributed by atoms with Crippen molar-refractivity contribution in [3.8, 4) is 0 Å². The molecule has 0 aliphatic carbocycles. The zero-order valence-electron chi connectivity index (χ0n) is 16.8. The maximum absolute atomic E-state index is 12.9. The fourth-order valence-electron chi connectivity index (χ4n) is 4.36. The van der Waals surface area contributed by atoms with Crippen LogP contribution in [0.5, 0.6) is 0 Å². The smallest absolute Gasteiger partial charge is 0.243 e. The monoisotopic (exact) mass is 416 g/mol. The van der Waals surface area contributed by atoms with E-state index in [1.807, 2.05) is 19.3 Å². The Labute approximate surface area is 172 Å². The van der Waals surface area contributed by atoms with Crippen LogP contribution < -0.4 is 0 Å². The highest BCUT2D eigenvalue weighted by molar-refractivity contribution is 7.89. The number of carbonyl (C=O) groups excluding carboxylic acids is 1. The van der Waals surface area contributed by atoms with Crippen LogP contribution in [0.3, 0.4) is 0 Å². The summed E-state index contributed by atoms with van der Waals surface area (Å²) in [4.78, 5) is 17.3. The van der Waals surface area contributed by atoms with Crippen molar-refractivity contribution in [1.82, 2.24) is 18.7 Å². The molecule has 0 N–H and O–H groups in total. The summed E-state index contributed by atoms with van der Waals surface area (Å²) in [5.74, 6) is 0.0860. The molecule has 0 radical (unpaired) electrons. The summed E-state index contributed by atoms with van der Waals surface area (Å²) >= 11 is 0. The predicted octanol–water partition coefficient (Wildman–Crippen LogP) is 1.70. The average Bonchev–Trinajstić information content (AvgIpc) is 3.37. The molecule has 8 heteroatoms. The number of benzene rings is 1. The molecule has 0 bridgehead atoms. The Balaban J connectivity index is 1.35. The molecule has 29 heavy (non-hydrogen) atoms. The Morgan fingerprint density at radius 2 is 1.72 bits per heavy atom. The van der Waals surface area contributed by atoms with E-state index >= 15 is 0 Å². The first-order chi connectivity index (χ1) is 14.0. The van der Waals surface area contributed by atoms with Gasteiger partial charge >= 0.3 is 0 Å². The van der Waals surface area contributed by atoms with Crippen molar-refractivity contribution in [3.63, 3.8) is 0 Å². The van der Waals surface area contributed by atoms with E-state index in [9.17, 15) is 13.2 Å².